The largest absolute Gasteiger partial charge is 0.390 e. The van der Waals surface area contributed by atoms with Crippen molar-refractivity contribution in [1.29, 1.82) is 0 Å². The van der Waals surface area contributed by atoms with Crippen molar-refractivity contribution in [2.45, 2.75) is 64.4 Å². The molecule has 2 unspecified atom stereocenters. The Morgan fingerprint density at radius 1 is 1.12 bits per heavy atom. The van der Waals surface area contributed by atoms with Crippen LogP contribution in [0.25, 0.3) is 0 Å². The van der Waals surface area contributed by atoms with Gasteiger partial charge in [-0.1, -0.05) is 36.4 Å². The Hall–Kier alpha value is -2.21. The van der Waals surface area contributed by atoms with Crippen molar-refractivity contribution in [2.75, 3.05) is 19.6 Å². The van der Waals surface area contributed by atoms with Crippen molar-refractivity contribution < 1.29 is 14.6 Å². The van der Waals surface area contributed by atoms with Gasteiger partial charge in [-0.05, 0) is 74.3 Å². The van der Waals surface area contributed by atoms with E-state index in [4.69, 9.17) is 4.74 Å². The summed E-state index contributed by atoms with van der Waals surface area (Å²) in [6.45, 7) is 6.89. The number of rotatable bonds is 7. The Kier molecular flexibility index (Phi) is 7.61. The summed E-state index contributed by atoms with van der Waals surface area (Å²) in [4.78, 5) is 15.0. The summed E-state index contributed by atoms with van der Waals surface area (Å²) in [6, 6.07) is 16.4. The van der Waals surface area contributed by atoms with E-state index in [2.05, 4.69) is 54.4 Å². The molecule has 0 spiro atoms. The van der Waals surface area contributed by atoms with Gasteiger partial charge in [0.05, 0.1) is 18.3 Å². The average Bonchev–Trinajstić information content (AvgIpc) is 2.77. The van der Waals surface area contributed by atoms with Crippen molar-refractivity contribution in [3.05, 3.63) is 70.8 Å². The highest BCUT2D eigenvalue weighted by atomic mass is 16.5. The maximum absolute atomic E-state index is 12.7. The second kappa shape index (κ2) is 10.6. The zero-order valence-corrected chi connectivity index (χ0v) is 19.3. The minimum atomic E-state index is -0.586. The molecule has 5 heteroatoms. The molecule has 0 bridgehead atoms. The number of hydrogen-bond donors (Lipinski definition) is 2. The van der Waals surface area contributed by atoms with Crippen LogP contribution in [0.1, 0.15) is 53.7 Å². The second-order valence-corrected chi connectivity index (χ2v) is 9.62. The molecule has 5 nitrogen and oxygen atoms in total. The Balaban J connectivity index is 1.25. The average molecular weight is 437 g/mol. The van der Waals surface area contributed by atoms with Gasteiger partial charge in [0.2, 0.25) is 0 Å². The highest BCUT2D eigenvalue weighted by Gasteiger charge is 2.25. The van der Waals surface area contributed by atoms with Crippen molar-refractivity contribution in [3.8, 4) is 0 Å². The first-order valence-corrected chi connectivity index (χ1v) is 12.0. The first kappa shape index (κ1) is 23.0. The van der Waals surface area contributed by atoms with Crippen LogP contribution in [0.3, 0.4) is 0 Å². The number of carbonyl (C=O) groups excluding carboxylic acids is 1. The SMILES string of the molecule is CC1CC(Cc2cccc(C(=O)NC[C@@H](O)CN3CCc4ccccc4C3)c2)CC(C)O1. The van der Waals surface area contributed by atoms with Gasteiger partial charge in [-0.3, -0.25) is 9.69 Å². The number of aliphatic hydroxyl groups excluding tert-OH is 1. The van der Waals surface area contributed by atoms with Gasteiger partial charge in [0, 0.05) is 31.7 Å². The van der Waals surface area contributed by atoms with Crippen molar-refractivity contribution in [1.82, 2.24) is 10.2 Å². The molecule has 2 aliphatic heterocycles. The van der Waals surface area contributed by atoms with Gasteiger partial charge >= 0.3 is 0 Å². The molecule has 2 heterocycles. The van der Waals surface area contributed by atoms with Gasteiger partial charge in [0.15, 0.2) is 0 Å². The molecule has 1 saturated heterocycles. The molecule has 2 aromatic carbocycles. The lowest BCUT2D eigenvalue weighted by molar-refractivity contribution is -0.0518. The Bertz CT molecular complexity index is 905. The van der Waals surface area contributed by atoms with E-state index < -0.39 is 6.10 Å². The number of aliphatic hydroxyl groups is 1. The summed E-state index contributed by atoms with van der Waals surface area (Å²) in [5.41, 5.74) is 4.59. The summed E-state index contributed by atoms with van der Waals surface area (Å²) < 4.78 is 5.85. The number of benzene rings is 2. The van der Waals surface area contributed by atoms with Crippen LogP contribution in [0, 0.1) is 5.92 Å². The van der Waals surface area contributed by atoms with Gasteiger partial charge in [-0.15, -0.1) is 0 Å². The van der Waals surface area contributed by atoms with E-state index in [9.17, 15) is 9.90 Å². The van der Waals surface area contributed by atoms with Crippen LogP contribution >= 0.6 is 0 Å². The number of carbonyl (C=O) groups is 1. The first-order chi connectivity index (χ1) is 15.5. The molecule has 2 N–H and O–H groups in total. The molecule has 0 aromatic heterocycles. The van der Waals surface area contributed by atoms with Crippen LogP contribution in [-0.2, 0) is 24.1 Å². The number of β-amino-alcohol motifs (C(OH)–C–C–N with tert-alkyl or cyclic N) is 1. The number of amides is 1. The fourth-order valence-electron chi connectivity index (χ4n) is 5.27. The standard InChI is InChI=1S/C27H36N2O3/c1-19-12-22(13-20(2)32-19)14-21-6-5-9-24(15-21)27(31)28-16-26(30)18-29-11-10-23-7-3-4-8-25(23)17-29/h3-9,15,19-20,22,26,30H,10-14,16-18H2,1-2H3,(H,28,31)/t19?,20?,22?,26-/m1/s1. The van der Waals surface area contributed by atoms with E-state index >= 15 is 0 Å². The molecule has 1 fully saturated rings. The molecule has 0 aliphatic carbocycles. The smallest absolute Gasteiger partial charge is 0.251 e. The van der Waals surface area contributed by atoms with E-state index in [-0.39, 0.29) is 12.5 Å². The van der Waals surface area contributed by atoms with Crippen LogP contribution in [0.15, 0.2) is 48.5 Å². The second-order valence-electron chi connectivity index (χ2n) is 9.62. The first-order valence-electron chi connectivity index (χ1n) is 12.0. The summed E-state index contributed by atoms with van der Waals surface area (Å²) in [5, 5.41) is 13.4. The molecule has 2 aromatic rings. The lowest BCUT2D eigenvalue weighted by Gasteiger charge is -2.32. The van der Waals surface area contributed by atoms with E-state index in [0.717, 1.165) is 38.8 Å². The summed E-state index contributed by atoms with van der Waals surface area (Å²) in [5.74, 6) is 0.465. The monoisotopic (exact) mass is 436 g/mol. The lowest BCUT2D eigenvalue weighted by atomic mass is 9.87. The predicted molar refractivity (Wildman–Crippen MR) is 127 cm³/mol. The third-order valence-corrected chi connectivity index (χ3v) is 6.69. The summed E-state index contributed by atoms with van der Waals surface area (Å²) in [6.07, 6.45) is 4.11. The third-order valence-electron chi connectivity index (χ3n) is 6.69. The minimum Gasteiger partial charge on any atom is -0.390 e. The Morgan fingerprint density at radius 3 is 2.66 bits per heavy atom. The van der Waals surface area contributed by atoms with Crippen molar-refractivity contribution in [3.63, 3.8) is 0 Å². The molecular weight excluding hydrogens is 400 g/mol. The number of hydrogen-bond acceptors (Lipinski definition) is 4. The Morgan fingerprint density at radius 2 is 1.88 bits per heavy atom. The highest BCUT2D eigenvalue weighted by Crippen LogP contribution is 2.28. The highest BCUT2D eigenvalue weighted by molar-refractivity contribution is 5.94. The molecule has 0 saturated carbocycles. The maximum atomic E-state index is 12.7. The quantitative estimate of drug-likeness (QED) is 0.697. The topological polar surface area (TPSA) is 61.8 Å². The Labute approximate surface area is 191 Å². The summed E-state index contributed by atoms with van der Waals surface area (Å²) in [7, 11) is 0. The molecule has 32 heavy (non-hydrogen) atoms. The van der Waals surface area contributed by atoms with Crippen LogP contribution in [-0.4, -0.2) is 53.9 Å². The van der Waals surface area contributed by atoms with Crippen LogP contribution < -0.4 is 5.32 Å². The lowest BCUT2D eigenvalue weighted by Crippen LogP contribution is -2.42. The molecule has 1 amide bonds. The number of nitrogens with zero attached hydrogens (tertiary/aromatic N) is 1. The normalized spacial score (nSPS) is 24.5. The fourth-order valence-corrected chi connectivity index (χ4v) is 5.27. The van der Waals surface area contributed by atoms with Gasteiger partial charge in [0.25, 0.3) is 5.91 Å². The van der Waals surface area contributed by atoms with Crippen molar-refractivity contribution >= 4 is 5.91 Å². The molecule has 2 aliphatic rings. The molecule has 3 atom stereocenters. The number of fused-ring (bicyclic) bond motifs is 1. The summed E-state index contributed by atoms with van der Waals surface area (Å²) >= 11 is 0. The van der Waals surface area contributed by atoms with Gasteiger partial charge in [-0.2, -0.15) is 0 Å². The zero-order chi connectivity index (χ0) is 22.5. The molecular formula is C27H36N2O3. The maximum Gasteiger partial charge on any atom is 0.251 e. The fraction of sp³-hybridized carbons (Fsp3) is 0.519. The molecule has 172 valence electrons. The van der Waals surface area contributed by atoms with Crippen molar-refractivity contribution in [2.24, 2.45) is 5.92 Å². The van der Waals surface area contributed by atoms with E-state index in [0.29, 0.717) is 30.2 Å². The minimum absolute atomic E-state index is 0.122. The van der Waals surface area contributed by atoms with E-state index in [1.165, 1.54) is 16.7 Å². The molecule has 0 radical (unpaired) electrons. The van der Waals surface area contributed by atoms with Crippen LogP contribution in [0.5, 0.6) is 0 Å². The predicted octanol–water partition coefficient (Wildman–Crippen LogP) is 3.58. The van der Waals surface area contributed by atoms with Crippen LogP contribution in [0.4, 0.5) is 0 Å². The number of ether oxygens (including phenoxy) is 1. The molecule has 4 rings (SSSR count). The van der Waals surface area contributed by atoms with E-state index in [1.54, 1.807) is 0 Å². The van der Waals surface area contributed by atoms with Gasteiger partial charge in [0.1, 0.15) is 0 Å². The van der Waals surface area contributed by atoms with E-state index in [1.807, 2.05) is 18.2 Å². The third kappa shape index (κ3) is 6.18. The zero-order valence-electron chi connectivity index (χ0n) is 19.3. The van der Waals surface area contributed by atoms with Gasteiger partial charge < -0.3 is 15.2 Å². The van der Waals surface area contributed by atoms with Gasteiger partial charge in [-0.25, -0.2) is 0 Å². The number of nitrogens with one attached hydrogen (secondary N) is 1. The van der Waals surface area contributed by atoms with Crippen LogP contribution in [0.2, 0.25) is 0 Å².